The fourth-order valence-electron chi connectivity index (χ4n) is 11.0. The second-order valence-electron chi connectivity index (χ2n) is 15.4. The highest BCUT2D eigenvalue weighted by Gasteiger charge is 2.63. The zero-order valence-corrected chi connectivity index (χ0v) is 28.4. The molecule has 1 N–H and O–H groups in total. The van der Waals surface area contributed by atoms with Gasteiger partial charge in [-0.2, -0.15) is 0 Å². The van der Waals surface area contributed by atoms with Crippen LogP contribution in [-0.2, 0) is 10.8 Å². The predicted molar refractivity (Wildman–Crippen MR) is 207 cm³/mol. The van der Waals surface area contributed by atoms with Crippen LogP contribution in [0, 0.1) is 11.8 Å². The van der Waals surface area contributed by atoms with Crippen molar-refractivity contribution in [1.29, 1.82) is 0 Å². The van der Waals surface area contributed by atoms with Crippen molar-refractivity contribution in [2.75, 3.05) is 6.54 Å². The maximum Gasteiger partial charge on any atom is 0.132 e. The van der Waals surface area contributed by atoms with E-state index in [1.54, 1.807) is 5.56 Å². The monoisotopic (exact) mass is 642 g/mol. The lowest BCUT2D eigenvalue weighted by Gasteiger charge is -2.41. The Labute approximate surface area is 294 Å². The van der Waals surface area contributed by atoms with Crippen molar-refractivity contribution in [3.05, 3.63) is 196 Å². The summed E-state index contributed by atoms with van der Waals surface area (Å²) in [6.07, 6.45) is 19.3. The largest absolute Gasteiger partial charge is 0.340 e. The molecule has 2 heteroatoms. The summed E-state index contributed by atoms with van der Waals surface area (Å²) in [5, 5.41) is 6.32. The summed E-state index contributed by atoms with van der Waals surface area (Å²) < 4.78 is 0. The summed E-state index contributed by atoms with van der Waals surface area (Å²) in [6, 6.07) is 38.6. The van der Waals surface area contributed by atoms with Crippen molar-refractivity contribution < 1.29 is 0 Å². The summed E-state index contributed by atoms with van der Waals surface area (Å²) in [5.41, 5.74) is 15.1. The van der Waals surface area contributed by atoms with Crippen molar-refractivity contribution >= 4 is 22.3 Å². The van der Waals surface area contributed by atoms with Crippen LogP contribution in [-0.4, -0.2) is 12.4 Å². The maximum absolute atomic E-state index is 5.09. The van der Waals surface area contributed by atoms with Crippen LogP contribution in [0.5, 0.6) is 0 Å². The van der Waals surface area contributed by atoms with E-state index >= 15 is 0 Å². The van der Waals surface area contributed by atoms with Gasteiger partial charge in [-0.25, -0.2) is 0 Å². The zero-order chi connectivity index (χ0) is 33.2. The van der Waals surface area contributed by atoms with Crippen molar-refractivity contribution in [3.8, 4) is 11.1 Å². The molecule has 2 nitrogen and oxygen atoms in total. The molecule has 1 aliphatic heterocycles. The smallest absolute Gasteiger partial charge is 0.132 e. The maximum atomic E-state index is 5.09. The fraction of sp³-hybridized carbons (Fsp3) is 0.188. The fourth-order valence-corrected chi connectivity index (χ4v) is 11.0. The number of fused-ring (bicyclic) bond motifs is 15. The lowest BCUT2D eigenvalue weighted by atomic mass is 9.61. The number of hydrogen-bond donors (Lipinski definition) is 1. The molecule has 1 heterocycles. The van der Waals surface area contributed by atoms with E-state index in [0.717, 1.165) is 11.5 Å². The highest BCUT2D eigenvalue weighted by atomic mass is 15.0. The molecule has 1 spiro atoms. The summed E-state index contributed by atoms with van der Waals surface area (Å²) in [7, 11) is 0. The van der Waals surface area contributed by atoms with Gasteiger partial charge in [0.25, 0.3) is 0 Å². The lowest BCUT2D eigenvalue weighted by Crippen LogP contribution is -2.39. The molecule has 6 aliphatic rings. The first-order valence-electron chi connectivity index (χ1n) is 18.2. The third-order valence-corrected chi connectivity index (χ3v) is 12.9. The topological polar surface area (TPSA) is 24.4 Å². The first-order chi connectivity index (χ1) is 24.6. The van der Waals surface area contributed by atoms with E-state index in [9.17, 15) is 0 Å². The number of benzene rings is 5. The van der Waals surface area contributed by atoms with Crippen molar-refractivity contribution in [2.24, 2.45) is 16.8 Å². The van der Waals surface area contributed by atoms with Crippen LogP contribution in [0.25, 0.3) is 27.6 Å². The Bertz CT molecular complexity index is 2490. The van der Waals surface area contributed by atoms with Crippen LogP contribution in [0.15, 0.2) is 162 Å². The Kier molecular flexibility index (Phi) is 5.70. The Balaban J connectivity index is 1.09. The van der Waals surface area contributed by atoms with Gasteiger partial charge in [0.1, 0.15) is 5.84 Å². The van der Waals surface area contributed by atoms with Crippen molar-refractivity contribution in [3.63, 3.8) is 0 Å². The van der Waals surface area contributed by atoms with Crippen LogP contribution in [0.1, 0.15) is 64.6 Å². The third kappa shape index (κ3) is 3.51. The third-order valence-electron chi connectivity index (χ3n) is 12.9. The quantitative estimate of drug-likeness (QED) is 0.204. The molecular weight excluding hydrogens is 605 g/mol. The molecule has 0 saturated heterocycles. The zero-order valence-electron chi connectivity index (χ0n) is 28.4. The van der Waals surface area contributed by atoms with Gasteiger partial charge in [-0.15, -0.1) is 0 Å². The number of aliphatic imine (C=N–C) groups is 1. The molecule has 50 heavy (non-hydrogen) atoms. The molecule has 11 rings (SSSR count). The highest BCUT2D eigenvalue weighted by Crippen LogP contribution is 2.70. The Morgan fingerprint density at radius 3 is 2.38 bits per heavy atom. The molecule has 0 saturated carbocycles. The van der Waals surface area contributed by atoms with Gasteiger partial charge >= 0.3 is 0 Å². The van der Waals surface area contributed by atoms with E-state index in [-0.39, 0.29) is 16.7 Å². The predicted octanol–water partition coefficient (Wildman–Crippen LogP) is 10.5. The lowest BCUT2D eigenvalue weighted by molar-refractivity contribution is 0.311. The molecule has 0 fully saturated rings. The summed E-state index contributed by atoms with van der Waals surface area (Å²) in [4.78, 5) is 5.09. The average Bonchev–Trinajstić information content (AvgIpc) is 3.73. The van der Waals surface area contributed by atoms with Gasteiger partial charge in [0.05, 0.1) is 6.54 Å². The van der Waals surface area contributed by atoms with E-state index in [1.807, 2.05) is 0 Å². The van der Waals surface area contributed by atoms with Crippen molar-refractivity contribution in [1.82, 2.24) is 5.32 Å². The number of rotatable bonds is 2. The van der Waals surface area contributed by atoms with Gasteiger partial charge in [0.2, 0.25) is 0 Å². The van der Waals surface area contributed by atoms with Crippen LogP contribution in [0.2, 0.25) is 0 Å². The van der Waals surface area contributed by atoms with Gasteiger partial charge < -0.3 is 5.32 Å². The Morgan fingerprint density at radius 1 is 0.660 bits per heavy atom. The van der Waals surface area contributed by atoms with E-state index in [0.29, 0.717) is 24.3 Å². The molecule has 5 aliphatic carbocycles. The first kappa shape index (κ1) is 28.4. The molecule has 0 bridgehead atoms. The first-order valence-corrected chi connectivity index (χ1v) is 18.2. The van der Waals surface area contributed by atoms with Crippen LogP contribution < -0.4 is 5.32 Å². The molecule has 240 valence electrons. The Hall–Kier alpha value is -5.47. The van der Waals surface area contributed by atoms with E-state index in [1.165, 1.54) is 60.9 Å². The minimum absolute atomic E-state index is 0.0710. The second kappa shape index (κ2) is 10.0. The SMILES string of the molecule is CC1(C)c2ccccc2-c2ccc3c(c21)C1C=CC=CC1C31c2ccccc2C2C=CC(C3=NCC=C(c4cccc5ccccc45)N3)=CC21. The van der Waals surface area contributed by atoms with E-state index in [4.69, 9.17) is 4.99 Å². The molecule has 5 aromatic carbocycles. The number of hydrogen-bond acceptors (Lipinski definition) is 2. The van der Waals surface area contributed by atoms with Crippen LogP contribution in [0.4, 0.5) is 0 Å². The normalized spacial score (nSPS) is 27.0. The van der Waals surface area contributed by atoms with Gasteiger partial charge in [0.15, 0.2) is 0 Å². The van der Waals surface area contributed by atoms with E-state index in [2.05, 4.69) is 171 Å². The van der Waals surface area contributed by atoms with Gasteiger partial charge in [-0.3, -0.25) is 4.99 Å². The van der Waals surface area contributed by atoms with Crippen LogP contribution in [0.3, 0.4) is 0 Å². The second-order valence-corrected chi connectivity index (χ2v) is 15.4. The summed E-state index contributed by atoms with van der Waals surface area (Å²) in [5.74, 6) is 2.17. The molecule has 0 radical (unpaired) electrons. The standard InChI is InChI=1S/C48H38N2/c1-47(2)38-19-8-5-16-33(38)36-24-25-41-44(45(36)47)37-17-7-10-21-40(37)48(41)39-20-9-6-15-32(39)34-23-22-30(28-42(34)48)46-49-27-26-43(50-46)35-18-11-13-29-12-3-4-14-31(29)35/h3-26,28,34,37,40,42H,27H2,1-2H3,(H,49,50). The minimum atomic E-state index is -0.193. The summed E-state index contributed by atoms with van der Waals surface area (Å²) >= 11 is 0. The number of nitrogens with one attached hydrogen (secondary N) is 1. The number of allylic oxidation sites excluding steroid dienone is 6. The molecule has 0 amide bonds. The molecule has 5 atom stereocenters. The molecule has 0 aromatic heterocycles. The van der Waals surface area contributed by atoms with Gasteiger partial charge in [-0.1, -0.05) is 160 Å². The van der Waals surface area contributed by atoms with Gasteiger partial charge in [0, 0.05) is 51.3 Å². The number of nitrogens with zero attached hydrogens (tertiary/aromatic N) is 1. The molecule has 5 unspecified atom stereocenters. The van der Waals surface area contributed by atoms with Crippen LogP contribution >= 0.6 is 0 Å². The summed E-state index contributed by atoms with van der Waals surface area (Å²) in [6.45, 7) is 5.55. The van der Waals surface area contributed by atoms with Crippen molar-refractivity contribution in [2.45, 2.75) is 36.5 Å². The minimum Gasteiger partial charge on any atom is -0.340 e. The molecular formula is C48H38N2. The highest BCUT2D eigenvalue weighted by molar-refractivity contribution is 6.08. The van der Waals surface area contributed by atoms with E-state index < -0.39 is 0 Å². The number of amidine groups is 1. The Morgan fingerprint density at radius 2 is 1.44 bits per heavy atom. The average molecular weight is 643 g/mol. The molecule has 5 aromatic rings. The van der Waals surface area contributed by atoms with Gasteiger partial charge in [-0.05, 0) is 61.4 Å².